The number of hydrogen-bond acceptors (Lipinski definition) is 5. The zero-order chi connectivity index (χ0) is 13.9. The number of hydrogen-bond donors (Lipinski definition) is 1. The maximum absolute atomic E-state index is 12.0. The van der Waals surface area contributed by atoms with Crippen LogP contribution in [0.1, 0.15) is 5.56 Å². The Hall–Kier alpha value is -1.95. The zero-order valence-electron chi connectivity index (χ0n) is 11.0. The van der Waals surface area contributed by atoms with Crippen LogP contribution in [-0.4, -0.2) is 30.5 Å². The molecule has 0 spiro atoms. The highest BCUT2D eigenvalue weighted by Gasteiger charge is 2.14. The average molecular weight is 290 g/mol. The summed E-state index contributed by atoms with van der Waals surface area (Å²) in [6.07, 6.45) is 1.90. The first kappa shape index (κ1) is 13.1. The fourth-order valence-corrected chi connectivity index (χ4v) is 2.82. The Labute approximate surface area is 120 Å². The topological polar surface area (TPSA) is 63.8 Å². The van der Waals surface area contributed by atoms with Crippen LogP contribution in [0.15, 0.2) is 33.9 Å². The fraction of sp³-hybridized carbons (Fsp3) is 0.286. The summed E-state index contributed by atoms with van der Waals surface area (Å²) >= 11 is 1.57. The molecule has 0 unspecified atom stereocenters. The molecule has 0 radical (unpaired) electrons. The van der Waals surface area contributed by atoms with E-state index >= 15 is 0 Å². The quantitative estimate of drug-likeness (QED) is 0.941. The molecule has 5 nitrogen and oxygen atoms in total. The van der Waals surface area contributed by atoms with E-state index in [1.807, 2.05) is 18.2 Å². The van der Waals surface area contributed by atoms with Crippen LogP contribution in [0, 0.1) is 0 Å². The normalized spacial score (nSPS) is 14.3. The van der Waals surface area contributed by atoms with Crippen LogP contribution >= 0.6 is 11.8 Å². The average Bonchev–Trinajstić information content (AvgIpc) is 3.08. The summed E-state index contributed by atoms with van der Waals surface area (Å²) in [6, 6.07) is 5.58. The SMILES string of the molecule is COc1ccc2c(CC(=O)NC3=NCCS3)coc2c1. The van der Waals surface area contributed by atoms with E-state index in [2.05, 4.69) is 10.3 Å². The van der Waals surface area contributed by atoms with Crippen LogP contribution in [0.3, 0.4) is 0 Å². The number of carbonyl (C=O) groups is 1. The maximum Gasteiger partial charge on any atom is 0.230 e. The molecule has 1 aliphatic rings. The first-order chi connectivity index (χ1) is 9.76. The molecular weight excluding hydrogens is 276 g/mol. The van der Waals surface area contributed by atoms with Crippen molar-refractivity contribution in [3.63, 3.8) is 0 Å². The van der Waals surface area contributed by atoms with Gasteiger partial charge in [-0.1, -0.05) is 11.8 Å². The van der Waals surface area contributed by atoms with Crippen molar-refractivity contribution in [3.05, 3.63) is 30.0 Å². The minimum atomic E-state index is -0.0725. The Morgan fingerprint density at radius 1 is 1.55 bits per heavy atom. The van der Waals surface area contributed by atoms with E-state index in [-0.39, 0.29) is 12.3 Å². The summed E-state index contributed by atoms with van der Waals surface area (Å²) in [5.41, 5.74) is 1.59. The molecule has 0 bridgehead atoms. The summed E-state index contributed by atoms with van der Waals surface area (Å²) < 4.78 is 10.6. The van der Waals surface area contributed by atoms with E-state index < -0.39 is 0 Å². The third kappa shape index (κ3) is 2.65. The molecule has 20 heavy (non-hydrogen) atoms. The lowest BCUT2D eigenvalue weighted by molar-refractivity contribution is -0.118. The van der Waals surface area contributed by atoms with Crippen molar-refractivity contribution < 1.29 is 13.9 Å². The van der Waals surface area contributed by atoms with Crippen molar-refractivity contribution in [2.24, 2.45) is 4.99 Å². The highest BCUT2D eigenvalue weighted by atomic mass is 32.2. The van der Waals surface area contributed by atoms with Gasteiger partial charge in [-0.25, -0.2) is 0 Å². The van der Waals surface area contributed by atoms with E-state index in [1.54, 1.807) is 25.1 Å². The number of nitrogens with one attached hydrogen (secondary N) is 1. The second-order valence-corrected chi connectivity index (χ2v) is 5.47. The number of nitrogens with zero attached hydrogens (tertiary/aromatic N) is 1. The highest BCUT2D eigenvalue weighted by Crippen LogP contribution is 2.25. The van der Waals surface area contributed by atoms with Crippen LogP contribution in [0.4, 0.5) is 0 Å². The van der Waals surface area contributed by atoms with Crippen LogP contribution in [0.25, 0.3) is 11.0 Å². The molecule has 2 heterocycles. The maximum atomic E-state index is 12.0. The first-order valence-electron chi connectivity index (χ1n) is 6.27. The summed E-state index contributed by atoms with van der Waals surface area (Å²) in [5, 5.41) is 4.46. The Balaban J connectivity index is 1.75. The Kier molecular flexibility index (Phi) is 3.64. The van der Waals surface area contributed by atoms with Gasteiger partial charge in [0.2, 0.25) is 5.91 Å². The Morgan fingerprint density at radius 3 is 3.20 bits per heavy atom. The number of rotatable bonds is 3. The van der Waals surface area contributed by atoms with E-state index in [4.69, 9.17) is 9.15 Å². The number of aliphatic imine (C=N–C) groups is 1. The van der Waals surface area contributed by atoms with Gasteiger partial charge in [0.05, 0.1) is 26.3 Å². The number of benzene rings is 1. The van der Waals surface area contributed by atoms with Gasteiger partial charge in [0.1, 0.15) is 11.3 Å². The van der Waals surface area contributed by atoms with Gasteiger partial charge in [0, 0.05) is 22.8 Å². The minimum absolute atomic E-state index is 0.0725. The van der Waals surface area contributed by atoms with Gasteiger partial charge in [-0.3, -0.25) is 9.79 Å². The van der Waals surface area contributed by atoms with Gasteiger partial charge < -0.3 is 14.5 Å². The van der Waals surface area contributed by atoms with E-state index in [0.717, 1.165) is 34.6 Å². The number of carbonyl (C=O) groups excluding carboxylic acids is 1. The van der Waals surface area contributed by atoms with Crippen LogP contribution in [0.5, 0.6) is 5.75 Å². The summed E-state index contributed by atoms with van der Waals surface area (Å²) in [5.74, 6) is 1.60. The van der Waals surface area contributed by atoms with Crippen LogP contribution in [0.2, 0.25) is 0 Å². The van der Waals surface area contributed by atoms with Crippen LogP contribution < -0.4 is 10.1 Å². The summed E-state index contributed by atoms with van der Waals surface area (Å²) in [4.78, 5) is 16.2. The molecule has 6 heteroatoms. The number of thioether (sulfide) groups is 1. The minimum Gasteiger partial charge on any atom is -0.497 e. The van der Waals surface area contributed by atoms with E-state index in [0.29, 0.717) is 5.17 Å². The zero-order valence-corrected chi connectivity index (χ0v) is 11.8. The molecule has 104 valence electrons. The molecule has 2 aromatic rings. The van der Waals surface area contributed by atoms with Gasteiger partial charge in [-0.2, -0.15) is 0 Å². The summed E-state index contributed by atoms with van der Waals surface area (Å²) in [7, 11) is 1.61. The highest BCUT2D eigenvalue weighted by molar-refractivity contribution is 8.14. The van der Waals surface area contributed by atoms with E-state index in [9.17, 15) is 4.79 Å². The predicted molar refractivity (Wildman–Crippen MR) is 79.4 cm³/mol. The largest absolute Gasteiger partial charge is 0.497 e. The number of fused-ring (bicyclic) bond motifs is 1. The number of amidine groups is 1. The molecule has 0 saturated heterocycles. The smallest absolute Gasteiger partial charge is 0.230 e. The van der Waals surface area contributed by atoms with Crippen molar-refractivity contribution >= 4 is 33.8 Å². The van der Waals surface area contributed by atoms with Gasteiger partial charge in [-0.05, 0) is 12.1 Å². The molecule has 0 fully saturated rings. The molecule has 1 aliphatic heterocycles. The van der Waals surface area contributed by atoms with Crippen molar-refractivity contribution in [1.82, 2.24) is 5.32 Å². The Morgan fingerprint density at radius 2 is 2.45 bits per heavy atom. The van der Waals surface area contributed by atoms with Crippen molar-refractivity contribution in [2.75, 3.05) is 19.4 Å². The molecule has 1 aromatic carbocycles. The molecule has 1 amide bonds. The first-order valence-corrected chi connectivity index (χ1v) is 7.26. The molecular formula is C14H14N2O3S. The number of ether oxygens (including phenoxy) is 1. The number of methoxy groups -OCH3 is 1. The lowest BCUT2D eigenvalue weighted by atomic mass is 10.1. The fourth-order valence-electron chi connectivity index (χ4n) is 2.07. The van der Waals surface area contributed by atoms with Crippen LogP contribution in [-0.2, 0) is 11.2 Å². The monoisotopic (exact) mass is 290 g/mol. The molecule has 1 N–H and O–H groups in total. The number of amides is 1. The van der Waals surface area contributed by atoms with Crippen molar-refractivity contribution in [2.45, 2.75) is 6.42 Å². The second-order valence-electron chi connectivity index (χ2n) is 4.38. The Bertz CT molecular complexity index is 678. The molecule has 3 rings (SSSR count). The van der Waals surface area contributed by atoms with Gasteiger partial charge >= 0.3 is 0 Å². The lowest BCUT2D eigenvalue weighted by Gasteiger charge is -2.03. The predicted octanol–water partition coefficient (Wildman–Crippen LogP) is 2.20. The molecule has 0 aliphatic carbocycles. The molecule has 0 saturated carbocycles. The number of furan rings is 1. The van der Waals surface area contributed by atoms with Gasteiger partial charge in [-0.15, -0.1) is 0 Å². The van der Waals surface area contributed by atoms with Gasteiger partial charge in [0.25, 0.3) is 0 Å². The molecule has 0 atom stereocenters. The lowest BCUT2D eigenvalue weighted by Crippen LogP contribution is -2.28. The van der Waals surface area contributed by atoms with E-state index in [1.165, 1.54) is 0 Å². The molecule has 1 aromatic heterocycles. The third-order valence-electron chi connectivity index (χ3n) is 3.05. The van der Waals surface area contributed by atoms with Crippen molar-refractivity contribution in [1.29, 1.82) is 0 Å². The third-order valence-corrected chi connectivity index (χ3v) is 3.94. The van der Waals surface area contributed by atoms with Crippen molar-refractivity contribution in [3.8, 4) is 5.75 Å². The standard InChI is InChI=1S/C14H14N2O3S/c1-18-10-2-3-11-9(8-19-12(11)7-10)6-13(17)16-14-15-4-5-20-14/h2-3,7-8H,4-6H2,1H3,(H,15,16,17). The van der Waals surface area contributed by atoms with Gasteiger partial charge in [0.15, 0.2) is 5.17 Å². The second kappa shape index (κ2) is 5.58. The summed E-state index contributed by atoms with van der Waals surface area (Å²) in [6.45, 7) is 0.773.